The number of hydrogen-bond donors (Lipinski definition) is 1. The van der Waals surface area contributed by atoms with E-state index in [4.69, 9.17) is 5.73 Å². The molecular formula is C10H10F5N. The first-order valence-electron chi connectivity index (χ1n) is 4.57. The molecule has 0 spiro atoms. The molecule has 0 aliphatic heterocycles. The fourth-order valence-electron chi connectivity index (χ4n) is 1.27. The fraction of sp³-hybridized carbons (Fsp3) is 0.400. The summed E-state index contributed by atoms with van der Waals surface area (Å²) in [4.78, 5) is 0. The summed E-state index contributed by atoms with van der Waals surface area (Å²) in [5, 5.41) is 0. The average molecular weight is 239 g/mol. The van der Waals surface area contributed by atoms with Gasteiger partial charge in [-0.2, -0.15) is 13.2 Å². The Balaban J connectivity index is 3.07. The summed E-state index contributed by atoms with van der Waals surface area (Å²) in [5.41, 5.74) is 3.42. The smallest absolute Gasteiger partial charge is 0.330 e. The number of alkyl halides is 4. The maximum absolute atomic E-state index is 13.3. The van der Waals surface area contributed by atoms with Crippen molar-refractivity contribution in [3.05, 3.63) is 35.1 Å². The molecule has 0 radical (unpaired) electrons. The molecule has 0 heterocycles. The van der Waals surface area contributed by atoms with E-state index in [1.807, 2.05) is 0 Å². The third-order valence-electron chi connectivity index (χ3n) is 2.08. The van der Waals surface area contributed by atoms with Gasteiger partial charge in [-0.3, -0.25) is 0 Å². The number of benzene rings is 1. The van der Waals surface area contributed by atoms with Gasteiger partial charge < -0.3 is 5.73 Å². The topological polar surface area (TPSA) is 26.0 Å². The first-order valence-corrected chi connectivity index (χ1v) is 4.57. The first-order chi connectivity index (χ1) is 7.36. The van der Waals surface area contributed by atoms with Crippen molar-refractivity contribution in [1.29, 1.82) is 0 Å². The second kappa shape index (κ2) is 4.78. The van der Waals surface area contributed by atoms with Crippen LogP contribution in [0.3, 0.4) is 0 Å². The zero-order chi connectivity index (χ0) is 12.3. The van der Waals surface area contributed by atoms with Crippen LogP contribution >= 0.6 is 0 Å². The van der Waals surface area contributed by atoms with Gasteiger partial charge in [0.15, 0.2) is 0 Å². The third kappa shape index (κ3) is 2.91. The molecule has 1 unspecified atom stereocenters. The Morgan fingerprint density at radius 2 is 1.88 bits per heavy atom. The largest absolute Gasteiger partial charge is 0.419 e. The predicted octanol–water partition coefficient (Wildman–Crippen LogP) is 3.20. The summed E-state index contributed by atoms with van der Waals surface area (Å²) >= 11 is 0. The van der Waals surface area contributed by atoms with Crippen molar-refractivity contribution in [1.82, 2.24) is 0 Å². The van der Waals surface area contributed by atoms with E-state index in [1.54, 1.807) is 0 Å². The van der Waals surface area contributed by atoms with Crippen LogP contribution in [0.4, 0.5) is 22.0 Å². The normalized spacial score (nSPS) is 13.9. The number of nitrogens with two attached hydrogens (primary N) is 1. The van der Waals surface area contributed by atoms with Crippen LogP contribution < -0.4 is 5.73 Å². The molecule has 0 saturated carbocycles. The van der Waals surface area contributed by atoms with Crippen molar-refractivity contribution in [2.45, 2.75) is 18.8 Å². The van der Waals surface area contributed by atoms with Gasteiger partial charge in [0, 0.05) is 0 Å². The monoisotopic (exact) mass is 239 g/mol. The number of hydrogen-bond acceptors (Lipinski definition) is 1. The van der Waals surface area contributed by atoms with Crippen LogP contribution in [-0.2, 0) is 6.18 Å². The van der Waals surface area contributed by atoms with Gasteiger partial charge >= 0.3 is 6.18 Å². The van der Waals surface area contributed by atoms with Crippen molar-refractivity contribution < 1.29 is 22.0 Å². The van der Waals surface area contributed by atoms with Gasteiger partial charge in [-0.05, 0) is 30.7 Å². The van der Waals surface area contributed by atoms with Crippen LogP contribution in [0.1, 0.15) is 23.7 Å². The van der Waals surface area contributed by atoms with E-state index in [0.29, 0.717) is 12.1 Å². The van der Waals surface area contributed by atoms with E-state index in [2.05, 4.69) is 0 Å². The van der Waals surface area contributed by atoms with Gasteiger partial charge in [-0.1, -0.05) is 6.07 Å². The predicted molar refractivity (Wildman–Crippen MR) is 48.9 cm³/mol. The van der Waals surface area contributed by atoms with Crippen molar-refractivity contribution in [3.8, 4) is 0 Å². The summed E-state index contributed by atoms with van der Waals surface area (Å²) in [6.45, 7) is 0.0138. The van der Waals surface area contributed by atoms with E-state index in [9.17, 15) is 22.0 Å². The molecule has 6 heteroatoms. The maximum Gasteiger partial charge on any atom is 0.419 e. The quantitative estimate of drug-likeness (QED) is 0.805. The van der Waals surface area contributed by atoms with Crippen molar-refractivity contribution >= 4 is 0 Å². The van der Waals surface area contributed by atoms with Crippen LogP contribution in [0.5, 0.6) is 0 Å². The van der Waals surface area contributed by atoms with Crippen molar-refractivity contribution in [2.24, 2.45) is 5.73 Å². The Labute approximate surface area is 89.1 Å². The minimum Gasteiger partial charge on any atom is -0.330 e. The highest BCUT2D eigenvalue weighted by Crippen LogP contribution is 2.34. The Morgan fingerprint density at radius 1 is 1.25 bits per heavy atom. The standard InChI is InChI=1S/C10H10F5N/c11-8(3-4-16)6-1-2-9(12)7(5-6)10(13,14)15/h1-2,5,8H,3-4,16H2. The van der Waals surface area contributed by atoms with Gasteiger partial charge in [-0.25, -0.2) is 8.78 Å². The molecule has 1 aromatic carbocycles. The molecule has 1 rings (SSSR count). The van der Waals surface area contributed by atoms with Crippen LogP contribution in [0.2, 0.25) is 0 Å². The molecule has 0 saturated heterocycles. The van der Waals surface area contributed by atoms with Gasteiger partial charge in [-0.15, -0.1) is 0 Å². The molecule has 1 atom stereocenters. The summed E-state index contributed by atoms with van der Waals surface area (Å²) in [6.07, 6.45) is -6.52. The lowest BCUT2D eigenvalue weighted by molar-refractivity contribution is -0.140. The lowest BCUT2D eigenvalue weighted by Gasteiger charge is -2.12. The second-order valence-electron chi connectivity index (χ2n) is 3.28. The Kier molecular flexibility index (Phi) is 3.85. The van der Waals surface area contributed by atoms with Crippen molar-refractivity contribution in [2.75, 3.05) is 6.54 Å². The van der Waals surface area contributed by atoms with Crippen LogP contribution in [0.25, 0.3) is 0 Å². The lowest BCUT2D eigenvalue weighted by atomic mass is 10.0. The molecule has 0 aromatic heterocycles. The summed E-state index contributed by atoms with van der Waals surface area (Å²) < 4.78 is 63.0. The second-order valence-corrected chi connectivity index (χ2v) is 3.28. The minimum absolute atomic E-state index is 0.0138. The van der Waals surface area contributed by atoms with E-state index in [-0.39, 0.29) is 18.5 Å². The molecular weight excluding hydrogens is 229 g/mol. The van der Waals surface area contributed by atoms with Gasteiger partial charge in [0.2, 0.25) is 0 Å². The molecule has 1 aromatic rings. The lowest BCUT2D eigenvalue weighted by Crippen LogP contribution is -2.10. The summed E-state index contributed by atoms with van der Waals surface area (Å²) in [6, 6.07) is 2.09. The van der Waals surface area contributed by atoms with Gasteiger partial charge in [0.25, 0.3) is 0 Å². The summed E-state index contributed by atoms with van der Waals surface area (Å²) in [7, 11) is 0. The average Bonchev–Trinajstić information content (AvgIpc) is 2.16. The zero-order valence-corrected chi connectivity index (χ0v) is 8.19. The highest BCUT2D eigenvalue weighted by molar-refractivity contribution is 5.28. The number of rotatable bonds is 3. The van der Waals surface area contributed by atoms with E-state index < -0.39 is 23.7 Å². The zero-order valence-electron chi connectivity index (χ0n) is 8.19. The Bertz CT molecular complexity index is 361. The van der Waals surface area contributed by atoms with Crippen LogP contribution in [0, 0.1) is 5.82 Å². The molecule has 0 fully saturated rings. The highest BCUT2D eigenvalue weighted by Gasteiger charge is 2.34. The van der Waals surface area contributed by atoms with Crippen molar-refractivity contribution in [3.63, 3.8) is 0 Å². The fourth-order valence-corrected chi connectivity index (χ4v) is 1.27. The van der Waals surface area contributed by atoms with E-state index in [1.165, 1.54) is 0 Å². The molecule has 90 valence electrons. The number of halogens is 5. The maximum atomic E-state index is 13.3. The molecule has 0 bridgehead atoms. The molecule has 1 nitrogen and oxygen atoms in total. The van der Waals surface area contributed by atoms with Crippen LogP contribution in [0.15, 0.2) is 18.2 Å². The minimum atomic E-state index is -4.82. The summed E-state index contributed by atoms with van der Waals surface area (Å²) in [5.74, 6) is -1.41. The Morgan fingerprint density at radius 3 is 2.38 bits per heavy atom. The molecule has 2 N–H and O–H groups in total. The van der Waals surface area contributed by atoms with Gasteiger partial charge in [0.1, 0.15) is 12.0 Å². The molecule has 16 heavy (non-hydrogen) atoms. The molecule has 0 aliphatic rings. The third-order valence-corrected chi connectivity index (χ3v) is 2.08. The van der Waals surface area contributed by atoms with E-state index >= 15 is 0 Å². The highest BCUT2D eigenvalue weighted by atomic mass is 19.4. The van der Waals surface area contributed by atoms with Gasteiger partial charge in [0.05, 0.1) is 5.56 Å². The van der Waals surface area contributed by atoms with E-state index in [0.717, 1.165) is 6.07 Å². The first kappa shape index (κ1) is 12.9. The molecule has 0 amide bonds. The Hall–Kier alpha value is -1.17. The molecule has 0 aliphatic carbocycles. The SMILES string of the molecule is NCCC(F)c1ccc(F)c(C(F)(F)F)c1. The van der Waals surface area contributed by atoms with Crippen LogP contribution in [-0.4, -0.2) is 6.54 Å².